The highest BCUT2D eigenvalue weighted by atomic mass is 16.5. The summed E-state index contributed by atoms with van der Waals surface area (Å²) in [6.45, 7) is 4.73. The van der Waals surface area contributed by atoms with Crippen LogP contribution in [0.5, 0.6) is 0 Å². The van der Waals surface area contributed by atoms with E-state index in [1.165, 1.54) is 4.57 Å². The number of ether oxygens (including phenoxy) is 1. The van der Waals surface area contributed by atoms with Gasteiger partial charge in [0, 0.05) is 51.8 Å². The van der Waals surface area contributed by atoms with Crippen LogP contribution >= 0.6 is 0 Å². The standard InChI is InChI=1S/C17H24N6O3/c1-3-5-23-11-13(9-20-23)16(24)22-7-8-26-14(12-22)10-19-15-17(25)21(2)6-4-18-15/h4,6,9,11,14H,3,5,7-8,10,12H2,1-2H3,(H,18,19)/t14-/m0/s1. The molecule has 1 N–H and O–H groups in total. The van der Waals surface area contributed by atoms with Crippen LogP contribution in [0.3, 0.4) is 0 Å². The first kappa shape index (κ1) is 18.1. The van der Waals surface area contributed by atoms with E-state index in [9.17, 15) is 9.59 Å². The minimum atomic E-state index is -0.204. The highest BCUT2D eigenvalue weighted by molar-refractivity contribution is 5.93. The Morgan fingerprint density at radius 1 is 1.46 bits per heavy atom. The van der Waals surface area contributed by atoms with Crippen molar-refractivity contribution >= 4 is 11.7 Å². The second-order valence-corrected chi connectivity index (χ2v) is 6.31. The minimum absolute atomic E-state index is 0.0468. The maximum Gasteiger partial charge on any atom is 0.293 e. The molecule has 26 heavy (non-hydrogen) atoms. The average Bonchev–Trinajstić information content (AvgIpc) is 3.11. The number of anilines is 1. The SMILES string of the molecule is CCCn1cc(C(=O)N2CCO[C@@H](CNc3nccn(C)c3=O)C2)cn1. The van der Waals surface area contributed by atoms with Crippen molar-refractivity contribution in [2.24, 2.45) is 7.05 Å². The second kappa shape index (κ2) is 8.13. The molecule has 0 unspecified atom stereocenters. The molecule has 3 heterocycles. The number of amides is 1. The second-order valence-electron chi connectivity index (χ2n) is 6.31. The fourth-order valence-electron chi connectivity index (χ4n) is 2.86. The number of nitrogens with zero attached hydrogens (tertiary/aromatic N) is 5. The molecule has 0 spiro atoms. The lowest BCUT2D eigenvalue weighted by Crippen LogP contribution is -2.48. The zero-order chi connectivity index (χ0) is 18.5. The van der Waals surface area contributed by atoms with Crippen molar-refractivity contribution in [2.75, 3.05) is 31.6 Å². The van der Waals surface area contributed by atoms with Gasteiger partial charge in [-0.25, -0.2) is 4.98 Å². The molecule has 2 aromatic rings. The van der Waals surface area contributed by atoms with Crippen LogP contribution in [0.1, 0.15) is 23.7 Å². The van der Waals surface area contributed by atoms with E-state index in [0.717, 1.165) is 13.0 Å². The number of rotatable bonds is 6. The molecule has 9 nitrogen and oxygen atoms in total. The molecule has 1 aliphatic heterocycles. The van der Waals surface area contributed by atoms with Gasteiger partial charge in [0.1, 0.15) is 0 Å². The number of nitrogens with one attached hydrogen (secondary N) is 1. The fourth-order valence-corrected chi connectivity index (χ4v) is 2.86. The van der Waals surface area contributed by atoms with Crippen molar-refractivity contribution in [1.82, 2.24) is 24.2 Å². The number of morpholine rings is 1. The molecule has 1 atom stereocenters. The number of hydrogen-bond acceptors (Lipinski definition) is 6. The van der Waals surface area contributed by atoms with Crippen molar-refractivity contribution in [1.29, 1.82) is 0 Å². The highest BCUT2D eigenvalue weighted by Gasteiger charge is 2.26. The molecule has 9 heteroatoms. The molecular formula is C17H24N6O3. The molecule has 0 aliphatic carbocycles. The van der Waals surface area contributed by atoms with E-state index in [0.29, 0.717) is 31.8 Å². The lowest BCUT2D eigenvalue weighted by Gasteiger charge is -2.32. The van der Waals surface area contributed by atoms with Gasteiger partial charge in [0.15, 0.2) is 5.82 Å². The van der Waals surface area contributed by atoms with Crippen LogP contribution in [0.25, 0.3) is 0 Å². The van der Waals surface area contributed by atoms with E-state index < -0.39 is 0 Å². The van der Waals surface area contributed by atoms with E-state index in [2.05, 4.69) is 22.3 Å². The van der Waals surface area contributed by atoms with E-state index in [4.69, 9.17) is 4.74 Å². The normalized spacial score (nSPS) is 17.3. The van der Waals surface area contributed by atoms with E-state index in [1.54, 1.807) is 41.4 Å². The quantitative estimate of drug-likeness (QED) is 0.798. The summed E-state index contributed by atoms with van der Waals surface area (Å²) >= 11 is 0. The number of aryl methyl sites for hydroxylation is 2. The maximum absolute atomic E-state index is 12.7. The van der Waals surface area contributed by atoms with Gasteiger partial charge in [0.2, 0.25) is 0 Å². The van der Waals surface area contributed by atoms with Gasteiger partial charge in [-0.1, -0.05) is 6.92 Å². The first-order valence-electron chi connectivity index (χ1n) is 8.77. The molecule has 3 rings (SSSR count). The number of aromatic nitrogens is 4. The zero-order valence-electron chi connectivity index (χ0n) is 15.1. The van der Waals surface area contributed by atoms with Crippen LogP contribution < -0.4 is 10.9 Å². The Morgan fingerprint density at radius 2 is 2.31 bits per heavy atom. The van der Waals surface area contributed by atoms with Crippen molar-refractivity contribution in [2.45, 2.75) is 26.0 Å². The van der Waals surface area contributed by atoms with E-state index in [1.807, 2.05) is 0 Å². The lowest BCUT2D eigenvalue weighted by molar-refractivity contribution is -0.0149. The molecule has 0 saturated carbocycles. The summed E-state index contributed by atoms with van der Waals surface area (Å²) in [6, 6.07) is 0. The topological polar surface area (TPSA) is 94.3 Å². The Morgan fingerprint density at radius 3 is 3.12 bits per heavy atom. The third kappa shape index (κ3) is 4.10. The van der Waals surface area contributed by atoms with Gasteiger partial charge in [0.25, 0.3) is 11.5 Å². The Bertz CT molecular complexity index is 815. The summed E-state index contributed by atoms with van der Waals surface area (Å²) in [7, 11) is 1.67. The molecule has 0 aromatic carbocycles. The number of hydrogen-bond donors (Lipinski definition) is 1. The minimum Gasteiger partial charge on any atom is -0.373 e. The third-order valence-corrected chi connectivity index (χ3v) is 4.27. The predicted octanol–water partition coefficient (Wildman–Crippen LogP) is 0.340. The summed E-state index contributed by atoms with van der Waals surface area (Å²) in [6.07, 6.45) is 7.32. The number of carbonyl (C=O) groups is 1. The Hall–Kier alpha value is -2.68. The summed E-state index contributed by atoms with van der Waals surface area (Å²) < 4.78 is 8.96. The van der Waals surface area contributed by atoms with Gasteiger partial charge in [-0.15, -0.1) is 0 Å². The van der Waals surface area contributed by atoms with Gasteiger partial charge in [-0.05, 0) is 6.42 Å². The molecule has 1 aliphatic rings. The van der Waals surface area contributed by atoms with Crippen LogP contribution in [0.15, 0.2) is 29.6 Å². The van der Waals surface area contributed by atoms with Gasteiger partial charge < -0.3 is 19.5 Å². The smallest absolute Gasteiger partial charge is 0.293 e. The lowest BCUT2D eigenvalue weighted by atomic mass is 10.2. The van der Waals surface area contributed by atoms with Gasteiger partial charge in [-0.2, -0.15) is 5.10 Å². The van der Waals surface area contributed by atoms with Crippen LogP contribution in [-0.4, -0.2) is 62.5 Å². The van der Waals surface area contributed by atoms with Crippen LogP contribution in [0.4, 0.5) is 5.82 Å². The van der Waals surface area contributed by atoms with Crippen LogP contribution in [-0.2, 0) is 18.3 Å². The fraction of sp³-hybridized carbons (Fsp3) is 0.529. The molecule has 1 amide bonds. The Labute approximate surface area is 151 Å². The van der Waals surface area contributed by atoms with Crippen molar-refractivity contribution in [3.05, 3.63) is 40.7 Å². The highest BCUT2D eigenvalue weighted by Crippen LogP contribution is 2.11. The molecule has 2 aromatic heterocycles. The molecule has 0 bridgehead atoms. The van der Waals surface area contributed by atoms with Crippen molar-refractivity contribution < 1.29 is 9.53 Å². The Kier molecular flexibility index (Phi) is 5.67. The summed E-state index contributed by atoms with van der Waals surface area (Å²) in [5.74, 6) is 0.234. The summed E-state index contributed by atoms with van der Waals surface area (Å²) in [5.41, 5.74) is 0.394. The third-order valence-electron chi connectivity index (χ3n) is 4.27. The van der Waals surface area contributed by atoms with Gasteiger partial charge >= 0.3 is 0 Å². The van der Waals surface area contributed by atoms with Gasteiger partial charge in [-0.3, -0.25) is 14.3 Å². The first-order valence-corrected chi connectivity index (χ1v) is 8.77. The predicted molar refractivity (Wildman–Crippen MR) is 96.1 cm³/mol. The van der Waals surface area contributed by atoms with Crippen LogP contribution in [0, 0.1) is 0 Å². The molecular weight excluding hydrogens is 336 g/mol. The number of carbonyl (C=O) groups excluding carboxylic acids is 1. The molecule has 140 valence electrons. The van der Waals surface area contributed by atoms with E-state index in [-0.39, 0.29) is 23.4 Å². The maximum atomic E-state index is 12.7. The summed E-state index contributed by atoms with van der Waals surface area (Å²) in [4.78, 5) is 30.5. The van der Waals surface area contributed by atoms with E-state index >= 15 is 0 Å². The first-order chi connectivity index (χ1) is 12.6. The summed E-state index contributed by atoms with van der Waals surface area (Å²) in [5, 5.41) is 7.23. The average molecular weight is 360 g/mol. The molecule has 0 radical (unpaired) electrons. The largest absolute Gasteiger partial charge is 0.373 e. The van der Waals surface area contributed by atoms with Crippen LogP contribution in [0.2, 0.25) is 0 Å². The van der Waals surface area contributed by atoms with Gasteiger partial charge in [0.05, 0.1) is 24.5 Å². The van der Waals surface area contributed by atoms with Crippen molar-refractivity contribution in [3.63, 3.8) is 0 Å². The molecule has 1 fully saturated rings. The monoisotopic (exact) mass is 360 g/mol. The molecule has 1 saturated heterocycles. The van der Waals surface area contributed by atoms with Crippen molar-refractivity contribution in [3.8, 4) is 0 Å². The zero-order valence-corrected chi connectivity index (χ0v) is 15.1. The Balaban J connectivity index is 1.59.